The van der Waals surface area contributed by atoms with Gasteiger partial charge in [0, 0.05) is 31.9 Å². The molecule has 0 unspecified atom stereocenters. The molecule has 2 aromatic rings. The fourth-order valence-electron chi connectivity index (χ4n) is 1.97. The van der Waals surface area contributed by atoms with Gasteiger partial charge in [0.15, 0.2) is 0 Å². The molecular weight excluding hydrogens is 244 g/mol. The monoisotopic (exact) mass is 260 g/mol. The Morgan fingerprint density at radius 2 is 2.26 bits per heavy atom. The molecule has 0 aliphatic heterocycles. The third-order valence-electron chi connectivity index (χ3n) is 2.84. The van der Waals surface area contributed by atoms with Crippen molar-refractivity contribution in [2.75, 3.05) is 11.9 Å². The highest BCUT2D eigenvalue weighted by Gasteiger charge is 2.18. The number of hydrogen-bond acceptors (Lipinski definition) is 4. The van der Waals surface area contributed by atoms with Crippen LogP contribution in [0.25, 0.3) is 0 Å². The van der Waals surface area contributed by atoms with E-state index in [0.29, 0.717) is 18.1 Å². The molecule has 0 aromatic carbocycles. The molecule has 0 amide bonds. The second-order valence-electron chi connectivity index (χ2n) is 4.24. The molecule has 0 radical (unpaired) electrons. The van der Waals surface area contributed by atoms with Gasteiger partial charge in [-0.25, -0.2) is 4.79 Å². The van der Waals surface area contributed by atoms with Gasteiger partial charge >= 0.3 is 5.97 Å². The molecule has 0 spiro atoms. The number of carboxylic acid groups (broad SMARTS) is 1. The van der Waals surface area contributed by atoms with Crippen molar-refractivity contribution in [1.29, 1.82) is 0 Å². The summed E-state index contributed by atoms with van der Waals surface area (Å²) in [5.74, 6) is -0.438. The van der Waals surface area contributed by atoms with E-state index < -0.39 is 5.97 Å². The number of aryl methyl sites for hydroxylation is 2. The topological polar surface area (TPSA) is 80.0 Å². The molecule has 100 valence electrons. The molecule has 2 rings (SSSR count). The van der Waals surface area contributed by atoms with Crippen LogP contribution < -0.4 is 5.32 Å². The first-order valence-corrected chi connectivity index (χ1v) is 6.00. The Morgan fingerprint density at radius 3 is 2.89 bits per heavy atom. The van der Waals surface area contributed by atoms with Crippen LogP contribution in [0.2, 0.25) is 0 Å². The van der Waals surface area contributed by atoms with Crippen molar-refractivity contribution < 1.29 is 9.90 Å². The normalized spacial score (nSPS) is 10.4. The minimum atomic E-state index is -0.967. The van der Waals surface area contributed by atoms with E-state index in [1.807, 2.05) is 18.2 Å². The molecule has 2 aromatic heterocycles. The average Bonchev–Trinajstić information content (AvgIpc) is 2.65. The number of carboxylic acids is 1. The first-order valence-electron chi connectivity index (χ1n) is 6.00. The van der Waals surface area contributed by atoms with E-state index in [0.717, 1.165) is 12.1 Å². The molecular formula is C13H16N4O2. The Labute approximate surface area is 111 Å². The zero-order valence-corrected chi connectivity index (χ0v) is 10.9. The van der Waals surface area contributed by atoms with Gasteiger partial charge < -0.3 is 10.4 Å². The van der Waals surface area contributed by atoms with Crippen LogP contribution in [0.4, 0.5) is 5.82 Å². The maximum atomic E-state index is 11.2. The lowest BCUT2D eigenvalue weighted by atomic mass is 10.2. The minimum absolute atomic E-state index is 0.225. The van der Waals surface area contributed by atoms with Crippen molar-refractivity contribution >= 4 is 11.8 Å². The molecule has 2 heterocycles. The first kappa shape index (κ1) is 13.1. The summed E-state index contributed by atoms with van der Waals surface area (Å²) in [6.45, 7) is 2.30. The lowest BCUT2D eigenvalue weighted by molar-refractivity contribution is 0.0697. The van der Waals surface area contributed by atoms with E-state index in [1.165, 1.54) is 0 Å². The summed E-state index contributed by atoms with van der Waals surface area (Å²) in [7, 11) is 1.72. The molecule has 0 fully saturated rings. The summed E-state index contributed by atoms with van der Waals surface area (Å²) in [5.41, 5.74) is 1.70. The van der Waals surface area contributed by atoms with Gasteiger partial charge in [0.25, 0.3) is 0 Å². The predicted octanol–water partition coefficient (Wildman–Crippen LogP) is 1.48. The van der Waals surface area contributed by atoms with Crippen LogP contribution in [-0.2, 0) is 13.5 Å². The van der Waals surface area contributed by atoms with Crippen molar-refractivity contribution in [3.05, 3.63) is 41.3 Å². The molecule has 0 aliphatic carbocycles. The third-order valence-corrected chi connectivity index (χ3v) is 2.84. The maximum absolute atomic E-state index is 11.2. The second-order valence-corrected chi connectivity index (χ2v) is 4.24. The van der Waals surface area contributed by atoms with Crippen LogP contribution in [-0.4, -0.2) is 32.4 Å². The van der Waals surface area contributed by atoms with Crippen molar-refractivity contribution in [3.8, 4) is 0 Å². The van der Waals surface area contributed by atoms with Gasteiger partial charge in [-0.3, -0.25) is 9.67 Å². The number of rotatable bonds is 5. The number of hydrogen-bond donors (Lipinski definition) is 2. The highest BCUT2D eigenvalue weighted by Crippen LogP contribution is 2.18. The number of aromatic nitrogens is 3. The van der Waals surface area contributed by atoms with Gasteiger partial charge in [0.05, 0.1) is 5.69 Å². The van der Waals surface area contributed by atoms with Gasteiger partial charge in [-0.15, -0.1) is 0 Å². The number of pyridine rings is 1. The third kappa shape index (κ3) is 2.90. The van der Waals surface area contributed by atoms with E-state index >= 15 is 0 Å². The van der Waals surface area contributed by atoms with Crippen LogP contribution in [0.15, 0.2) is 24.4 Å². The van der Waals surface area contributed by atoms with Crippen molar-refractivity contribution in [3.63, 3.8) is 0 Å². The molecule has 6 heteroatoms. The van der Waals surface area contributed by atoms with Crippen LogP contribution in [0.1, 0.15) is 21.7 Å². The van der Waals surface area contributed by atoms with E-state index in [9.17, 15) is 9.90 Å². The van der Waals surface area contributed by atoms with Gasteiger partial charge in [-0.1, -0.05) is 6.07 Å². The van der Waals surface area contributed by atoms with E-state index in [4.69, 9.17) is 0 Å². The zero-order valence-electron chi connectivity index (χ0n) is 10.9. The molecule has 0 saturated carbocycles. The SMILES string of the molecule is Cc1nn(C)c(NCCc2ccccn2)c1C(=O)O. The Bertz CT molecular complexity index is 578. The molecule has 19 heavy (non-hydrogen) atoms. The Balaban J connectivity index is 2.06. The van der Waals surface area contributed by atoms with E-state index in [1.54, 1.807) is 24.9 Å². The van der Waals surface area contributed by atoms with Crippen molar-refractivity contribution in [1.82, 2.24) is 14.8 Å². The Hall–Kier alpha value is -2.37. The number of aromatic carboxylic acids is 1. The highest BCUT2D eigenvalue weighted by atomic mass is 16.4. The summed E-state index contributed by atoms with van der Waals surface area (Å²) in [4.78, 5) is 15.4. The van der Waals surface area contributed by atoms with Gasteiger partial charge in [0.2, 0.25) is 0 Å². The lowest BCUT2D eigenvalue weighted by Crippen LogP contribution is -2.12. The number of carbonyl (C=O) groups is 1. The largest absolute Gasteiger partial charge is 0.477 e. The number of nitrogens with zero attached hydrogens (tertiary/aromatic N) is 3. The summed E-state index contributed by atoms with van der Waals surface area (Å²) in [6.07, 6.45) is 2.47. The molecule has 2 N–H and O–H groups in total. The van der Waals surface area contributed by atoms with Crippen LogP contribution in [0.3, 0.4) is 0 Å². The molecule has 0 atom stereocenters. The van der Waals surface area contributed by atoms with E-state index in [2.05, 4.69) is 15.4 Å². The van der Waals surface area contributed by atoms with Crippen molar-refractivity contribution in [2.45, 2.75) is 13.3 Å². The van der Waals surface area contributed by atoms with Crippen LogP contribution in [0.5, 0.6) is 0 Å². The Kier molecular flexibility index (Phi) is 3.79. The number of anilines is 1. The summed E-state index contributed by atoms with van der Waals surface area (Å²) < 4.78 is 1.55. The quantitative estimate of drug-likeness (QED) is 0.851. The molecule has 0 saturated heterocycles. The molecule has 6 nitrogen and oxygen atoms in total. The summed E-state index contributed by atoms with van der Waals surface area (Å²) in [5, 5.41) is 16.4. The van der Waals surface area contributed by atoms with Crippen LogP contribution >= 0.6 is 0 Å². The number of nitrogens with one attached hydrogen (secondary N) is 1. The minimum Gasteiger partial charge on any atom is -0.477 e. The predicted molar refractivity (Wildman–Crippen MR) is 71.3 cm³/mol. The van der Waals surface area contributed by atoms with Gasteiger partial charge in [-0.2, -0.15) is 5.10 Å². The summed E-state index contributed by atoms with van der Waals surface area (Å²) in [6, 6.07) is 5.73. The average molecular weight is 260 g/mol. The van der Waals surface area contributed by atoms with Gasteiger partial charge in [0.1, 0.15) is 11.4 Å². The highest BCUT2D eigenvalue weighted by molar-refractivity contribution is 5.94. The lowest BCUT2D eigenvalue weighted by Gasteiger charge is -2.07. The van der Waals surface area contributed by atoms with E-state index in [-0.39, 0.29) is 5.56 Å². The van der Waals surface area contributed by atoms with Gasteiger partial charge in [-0.05, 0) is 19.1 Å². The standard InChI is InChI=1S/C13H16N4O2/c1-9-11(13(18)19)12(17(2)16-9)15-8-6-10-5-3-4-7-14-10/h3-5,7,15H,6,8H2,1-2H3,(H,18,19). The summed E-state index contributed by atoms with van der Waals surface area (Å²) >= 11 is 0. The Morgan fingerprint density at radius 1 is 1.47 bits per heavy atom. The van der Waals surface area contributed by atoms with Crippen molar-refractivity contribution in [2.24, 2.45) is 7.05 Å². The van der Waals surface area contributed by atoms with Crippen LogP contribution in [0, 0.1) is 6.92 Å². The second kappa shape index (κ2) is 5.51. The first-order chi connectivity index (χ1) is 9.09. The smallest absolute Gasteiger partial charge is 0.341 e. The maximum Gasteiger partial charge on any atom is 0.341 e. The molecule has 0 aliphatic rings. The fraction of sp³-hybridized carbons (Fsp3) is 0.308. The fourth-order valence-corrected chi connectivity index (χ4v) is 1.97. The molecule has 0 bridgehead atoms. The zero-order chi connectivity index (χ0) is 13.8.